The van der Waals surface area contributed by atoms with Gasteiger partial charge in [-0.15, -0.1) is 0 Å². The first kappa shape index (κ1) is 12.4. The summed E-state index contributed by atoms with van der Waals surface area (Å²) in [5.41, 5.74) is 1.09. The second kappa shape index (κ2) is 5.08. The molecule has 2 aromatic carbocycles. The highest BCUT2D eigenvalue weighted by molar-refractivity contribution is 5.97. The summed E-state index contributed by atoms with van der Waals surface area (Å²) < 4.78 is 26.9. The average Bonchev–Trinajstić information content (AvgIpc) is 2.35. The van der Waals surface area contributed by atoms with E-state index in [1.807, 2.05) is 0 Å². The summed E-state index contributed by atoms with van der Waals surface area (Å²) in [6.07, 6.45) is -0.132. The van der Waals surface area contributed by atoms with Gasteiger partial charge in [-0.2, -0.15) is 0 Å². The van der Waals surface area contributed by atoms with Crippen molar-refractivity contribution in [1.82, 2.24) is 0 Å². The number of carbonyl (C=O) groups is 1. The van der Waals surface area contributed by atoms with E-state index >= 15 is 0 Å². The van der Waals surface area contributed by atoms with Gasteiger partial charge in [-0.25, -0.2) is 8.78 Å². The summed E-state index contributed by atoms with van der Waals surface area (Å²) in [5.74, 6) is -1.43. The summed E-state index contributed by atoms with van der Waals surface area (Å²) in [6, 6.07) is 10.3. The highest BCUT2D eigenvalue weighted by Gasteiger charge is 2.14. The molecule has 18 heavy (non-hydrogen) atoms. The summed E-state index contributed by atoms with van der Waals surface area (Å²) in [5, 5.41) is 0. The van der Waals surface area contributed by atoms with Crippen LogP contribution in [0.25, 0.3) is 0 Å². The van der Waals surface area contributed by atoms with Crippen molar-refractivity contribution in [3.63, 3.8) is 0 Å². The van der Waals surface area contributed by atoms with E-state index in [1.165, 1.54) is 24.3 Å². The van der Waals surface area contributed by atoms with Crippen molar-refractivity contribution in [2.75, 3.05) is 0 Å². The Balaban J connectivity index is 2.28. The Morgan fingerprint density at radius 1 is 1.06 bits per heavy atom. The Hall–Kier alpha value is -2.03. The SMILES string of the molecule is Cc1ccc(F)c(C(=O)Cc2ccccc2F)c1. The normalized spacial score (nSPS) is 10.4. The van der Waals surface area contributed by atoms with Gasteiger partial charge in [0.2, 0.25) is 0 Å². The van der Waals surface area contributed by atoms with Gasteiger partial charge in [-0.1, -0.05) is 29.8 Å². The lowest BCUT2D eigenvalue weighted by atomic mass is 10.0. The number of hydrogen-bond donors (Lipinski definition) is 0. The fourth-order valence-corrected chi connectivity index (χ4v) is 1.76. The summed E-state index contributed by atoms with van der Waals surface area (Å²) in [4.78, 5) is 11.9. The maximum absolute atomic E-state index is 13.5. The fraction of sp³-hybridized carbons (Fsp3) is 0.133. The maximum atomic E-state index is 13.5. The molecule has 0 amide bonds. The highest BCUT2D eigenvalue weighted by atomic mass is 19.1. The topological polar surface area (TPSA) is 17.1 Å². The molecule has 92 valence electrons. The molecule has 0 heterocycles. The minimum absolute atomic E-state index is 0.0123. The Morgan fingerprint density at radius 3 is 2.50 bits per heavy atom. The van der Waals surface area contributed by atoms with E-state index in [9.17, 15) is 13.6 Å². The van der Waals surface area contributed by atoms with Crippen molar-refractivity contribution in [3.8, 4) is 0 Å². The van der Waals surface area contributed by atoms with Crippen LogP contribution >= 0.6 is 0 Å². The Labute approximate surface area is 104 Å². The van der Waals surface area contributed by atoms with Gasteiger partial charge >= 0.3 is 0 Å². The molecule has 2 rings (SSSR count). The highest BCUT2D eigenvalue weighted by Crippen LogP contribution is 2.15. The van der Waals surface area contributed by atoms with Crippen molar-refractivity contribution >= 4 is 5.78 Å². The molecule has 0 aromatic heterocycles. The largest absolute Gasteiger partial charge is 0.294 e. The molecule has 0 aliphatic rings. The van der Waals surface area contributed by atoms with Crippen LogP contribution in [0, 0.1) is 18.6 Å². The van der Waals surface area contributed by atoms with Gasteiger partial charge in [-0.3, -0.25) is 4.79 Å². The molecule has 2 aromatic rings. The molecular weight excluding hydrogens is 234 g/mol. The quantitative estimate of drug-likeness (QED) is 0.755. The molecule has 0 atom stereocenters. The van der Waals surface area contributed by atoms with Crippen LogP contribution in [0.4, 0.5) is 8.78 Å². The van der Waals surface area contributed by atoms with E-state index in [2.05, 4.69) is 0 Å². The minimum atomic E-state index is -0.568. The van der Waals surface area contributed by atoms with Crippen LogP contribution in [-0.2, 0) is 6.42 Å². The second-order valence-electron chi connectivity index (χ2n) is 4.17. The molecule has 0 aliphatic carbocycles. The van der Waals surface area contributed by atoms with E-state index in [-0.39, 0.29) is 17.5 Å². The van der Waals surface area contributed by atoms with E-state index in [0.717, 1.165) is 5.56 Å². The molecule has 0 radical (unpaired) electrons. The predicted molar refractivity (Wildman–Crippen MR) is 65.6 cm³/mol. The first-order valence-corrected chi connectivity index (χ1v) is 5.60. The van der Waals surface area contributed by atoms with Gasteiger partial charge in [0.25, 0.3) is 0 Å². The summed E-state index contributed by atoms with van der Waals surface area (Å²) in [6.45, 7) is 1.78. The molecular formula is C15H12F2O. The molecule has 0 N–H and O–H groups in total. The van der Waals surface area contributed by atoms with E-state index in [0.29, 0.717) is 0 Å². The summed E-state index contributed by atoms with van der Waals surface area (Å²) in [7, 11) is 0. The molecule has 0 spiro atoms. The number of ketones is 1. The number of carbonyl (C=O) groups excluding carboxylic acids is 1. The van der Waals surface area contributed by atoms with Crippen LogP contribution in [0.3, 0.4) is 0 Å². The standard InChI is InChI=1S/C15H12F2O/c1-10-6-7-14(17)12(8-10)15(18)9-11-4-2-3-5-13(11)16/h2-8H,9H2,1H3. The number of rotatable bonds is 3. The Morgan fingerprint density at radius 2 is 1.78 bits per heavy atom. The van der Waals surface area contributed by atoms with Crippen molar-refractivity contribution in [2.24, 2.45) is 0 Å². The molecule has 0 saturated carbocycles. The van der Waals surface area contributed by atoms with Crippen molar-refractivity contribution in [2.45, 2.75) is 13.3 Å². The monoisotopic (exact) mass is 246 g/mol. The van der Waals surface area contributed by atoms with Gasteiger partial charge in [0.05, 0.1) is 5.56 Å². The van der Waals surface area contributed by atoms with Gasteiger partial charge in [0.1, 0.15) is 11.6 Å². The van der Waals surface area contributed by atoms with Gasteiger partial charge < -0.3 is 0 Å². The van der Waals surface area contributed by atoms with E-state index in [4.69, 9.17) is 0 Å². The lowest BCUT2D eigenvalue weighted by Gasteiger charge is -2.05. The first-order valence-electron chi connectivity index (χ1n) is 5.60. The molecule has 0 fully saturated rings. The van der Waals surface area contributed by atoms with Gasteiger partial charge in [0.15, 0.2) is 5.78 Å². The molecule has 1 nitrogen and oxygen atoms in total. The molecule has 0 unspecified atom stereocenters. The molecule has 3 heteroatoms. The van der Waals surface area contributed by atoms with E-state index in [1.54, 1.807) is 25.1 Å². The number of Topliss-reactive ketones (excluding diaryl/α,β-unsaturated/α-hetero) is 1. The van der Waals surface area contributed by atoms with Crippen molar-refractivity contribution < 1.29 is 13.6 Å². The number of halogens is 2. The van der Waals surface area contributed by atoms with Crippen molar-refractivity contribution in [1.29, 1.82) is 0 Å². The lowest BCUT2D eigenvalue weighted by molar-refractivity contribution is 0.0988. The van der Waals surface area contributed by atoms with Gasteiger partial charge in [0, 0.05) is 6.42 Å². The Bertz CT molecular complexity index is 591. The maximum Gasteiger partial charge on any atom is 0.170 e. The molecule has 0 saturated heterocycles. The van der Waals surface area contributed by atoms with Crippen molar-refractivity contribution in [3.05, 3.63) is 70.8 Å². The van der Waals surface area contributed by atoms with E-state index < -0.39 is 17.4 Å². The predicted octanol–water partition coefficient (Wildman–Crippen LogP) is 3.70. The van der Waals surface area contributed by atoms with Crippen LogP contribution in [0.15, 0.2) is 42.5 Å². The third-order valence-corrected chi connectivity index (χ3v) is 2.73. The Kier molecular flexibility index (Phi) is 3.51. The molecule has 0 bridgehead atoms. The van der Waals surface area contributed by atoms with Crippen LogP contribution in [0.2, 0.25) is 0 Å². The van der Waals surface area contributed by atoms with Crippen LogP contribution < -0.4 is 0 Å². The average molecular weight is 246 g/mol. The van der Waals surface area contributed by atoms with Crippen LogP contribution in [0.1, 0.15) is 21.5 Å². The zero-order chi connectivity index (χ0) is 13.1. The second-order valence-corrected chi connectivity index (χ2v) is 4.17. The zero-order valence-electron chi connectivity index (χ0n) is 9.91. The van der Waals surface area contributed by atoms with Crippen LogP contribution in [0.5, 0.6) is 0 Å². The minimum Gasteiger partial charge on any atom is -0.294 e. The number of benzene rings is 2. The first-order chi connectivity index (χ1) is 8.58. The summed E-state index contributed by atoms with van der Waals surface area (Å²) >= 11 is 0. The lowest BCUT2D eigenvalue weighted by Crippen LogP contribution is -2.07. The molecule has 0 aliphatic heterocycles. The van der Waals surface area contributed by atoms with Gasteiger partial charge in [-0.05, 0) is 30.7 Å². The fourth-order valence-electron chi connectivity index (χ4n) is 1.76. The number of aryl methyl sites for hydroxylation is 1. The smallest absolute Gasteiger partial charge is 0.170 e. The number of hydrogen-bond acceptors (Lipinski definition) is 1. The zero-order valence-corrected chi connectivity index (χ0v) is 9.91. The third kappa shape index (κ3) is 2.62. The van der Waals surface area contributed by atoms with Crippen LogP contribution in [-0.4, -0.2) is 5.78 Å². The third-order valence-electron chi connectivity index (χ3n) is 2.73.